The van der Waals surface area contributed by atoms with E-state index in [0.29, 0.717) is 5.56 Å². The van der Waals surface area contributed by atoms with Gasteiger partial charge >= 0.3 is 0 Å². The molecule has 1 aliphatic heterocycles. The molecule has 1 aromatic rings. The number of amides is 2. The van der Waals surface area contributed by atoms with Crippen molar-refractivity contribution >= 4 is 11.8 Å². The summed E-state index contributed by atoms with van der Waals surface area (Å²) >= 11 is 0. The summed E-state index contributed by atoms with van der Waals surface area (Å²) in [5.41, 5.74) is 1.63. The van der Waals surface area contributed by atoms with Crippen LogP contribution in [0.4, 0.5) is 0 Å². The van der Waals surface area contributed by atoms with Crippen LogP contribution >= 0.6 is 0 Å². The number of likely N-dealkylation sites (N-methyl/N-ethyl adjacent to an activating group) is 1. The molecule has 1 N–H and O–H groups in total. The minimum absolute atomic E-state index is 0.0290. The lowest BCUT2D eigenvalue weighted by Crippen LogP contribution is -2.52. The quantitative estimate of drug-likeness (QED) is 0.917. The van der Waals surface area contributed by atoms with E-state index in [1.54, 1.807) is 6.07 Å². The van der Waals surface area contributed by atoms with Crippen molar-refractivity contribution in [2.75, 3.05) is 33.2 Å². The Bertz CT molecular complexity index is 586. The summed E-state index contributed by atoms with van der Waals surface area (Å²) < 4.78 is 0. The normalized spacial score (nSPS) is 17.5. The van der Waals surface area contributed by atoms with Gasteiger partial charge in [0, 0.05) is 25.2 Å². The number of hydrogen-bond donors (Lipinski definition) is 1. The van der Waals surface area contributed by atoms with Crippen LogP contribution in [-0.4, -0.2) is 60.9 Å². The maximum atomic E-state index is 12.9. The highest BCUT2D eigenvalue weighted by Crippen LogP contribution is 2.11. The van der Waals surface area contributed by atoms with Crippen LogP contribution in [0, 0.1) is 12.8 Å². The first-order chi connectivity index (χ1) is 11.4. The highest BCUT2D eigenvalue weighted by Gasteiger charge is 2.29. The standard InChI is InChI=1S/C19H29N3O2/c1-14(2)17(19(24)22-10-6-9-21(4)11-12-22)20-18(23)16-8-5-7-15(3)13-16/h5,7-8,13-14,17H,6,9-12H2,1-4H3,(H,20,23). The van der Waals surface area contributed by atoms with Gasteiger partial charge in [-0.2, -0.15) is 0 Å². The fraction of sp³-hybridized carbons (Fsp3) is 0.579. The van der Waals surface area contributed by atoms with Crippen LogP contribution in [0.5, 0.6) is 0 Å². The predicted octanol–water partition coefficient (Wildman–Crippen LogP) is 1.91. The molecule has 0 saturated carbocycles. The van der Waals surface area contributed by atoms with Crippen molar-refractivity contribution in [3.8, 4) is 0 Å². The molecule has 0 spiro atoms. The molecule has 5 nitrogen and oxygen atoms in total. The molecule has 1 unspecified atom stereocenters. The van der Waals surface area contributed by atoms with Gasteiger partial charge in [-0.1, -0.05) is 31.5 Å². The number of aryl methyl sites for hydroxylation is 1. The van der Waals surface area contributed by atoms with E-state index in [1.807, 2.05) is 43.9 Å². The Morgan fingerprint density at radius 3 is 2.54 bits per heavy atom. The van der Waals surface area contributed by atoms with Gasteiger partial charge in [-0.15, -0.1) is 0 Å². The molecular formula is C19H29N3O2. The lowest BCUT2D eigenvalue weighted by molar-refractivity contribution is -0.134. The molecule has 1 aliphatic rings. The van der Waals surface area contributed by atoms with Crippen molar-refractivity contribution in [3.05, 3.63) is 35.4 Å². The highest BCUT2D eigenvalue weighted by molar-refractivity contribution is 5.97. The number of carbonyl (C=O) groups is 2. The van der Waals surface area contributed by atoms with Crippen molar-refractivity contribution in [1.29, 1.82) is 0 Å². The number of carbonyl (C=O) groups excluding carboxylic acids is 2. The van der Waals surface area contributed by atoms with Gasteiger partial charge in [0.2, 0.25) is 5.91 Å². The van der Waals surface area contributed by atoms with Crippen LogP contribution in [0.25, 0.3) is 0 Å². The summed E-state index contributed by atoms with van der Waals surface area (Å²) in [6.45, 7) is 9.27. The molecule has 1 fully saturated rings. The molecule has 132 valence electrons. The molecular weight excluding hydrogens is 302 g/mol. The highest BCUT2D eigenvalue weighted by atomic mass is 16.2. The third-order valence-electron chi connectivity index (χ3n) is 4.53. The zero-order valence-electron chi connectivity index (χ0n) is 15.2. The van der Waals surface area contributed by atoms with Gasteiger partial charge in [-0.05, 0) is 45.0 Å². The molecule has 24 heavy (non-hydrogen) atoms. The van der Waals surface area contributed by atoms with Gasteiger partial charge in [-0.25, -0.2) is 0 Å². The number of nitrogens with one attached hydrogen (secondary N) is 1. The van der Waals surface area contributed by atoms with Gasteiger partial charge in [0.1, 0.15) is 6.04 Å². The molecule has 1 aromatic carbocycles. The topological polar surface area (TPSA) is 52.7 Å². The van der Waals surface area contributed by atoms with Crippen molar-refractivity contribution in [1.82, 2.24) is 15.1 Å². The Kier molecular flexibility index (Phi) is 6.37. The molecule has 1 saturated heterocycles. The number of rotatable bonds is 4. The minimum Gasteiger partial charge on any atom is -0.340 e. The molecule has 0 aromatic heterocycles. The first-order valence-corrected chi connectivity index (χ1v) is 8.73. The molecule has 0 bridgehead atoms. The number of nitrogens with zero attached hydrogens (tertiary/aromatic N) is 2. The van der Waals surface area contributed by atoms with Gasteiger partial charge < -0.3 is 15.1 Å². The minimum atomic E-state index is -0.485. The number of hydrogen-bond acceptors (Lipinski definition) is 3. The van der Waals surface area contributed by atoms with Crippen LogP contribution in [0.2, 0.25) is 0 Å². The maximum absolute atomic E-state index is 12.9. The number of benzene rings is 1. The van der Waals surface area contributed by atoms with Crippen LogP contribution in [-0.2, 0) is 4.79 Å². The largest absolute Gasteiger partial charge is 0.340 e. The van der Waals surface area contributed by atoms with E-state index in [2.05, 4.69) is 17.3 Å². The zero-order chi connectivity index (χ0) is 17.7. The average Bonchev–Trinajstić information content (AvgIpc) is 2.76. The second-order valence-electron chi connectivity index (χ2n) is 7.05. The Morgan fingerprint density at radius 1 is 1.12 bits per heavy atom. The first kappa shape index (κ1) is 18.5. The molecule has 0 aliphatic carbocycles. The SMILES string of the molecule is Cc1cccc(C(=O)NC(C(=O)N2CCCN(C)CC2)C(C)C)c1. The van der Waals surface area contributed by atoms with E-state index >= 15 is 0 Å². The fourth-order valence-electron chi connectivity index (χ4n) is 2.99. The molecule has 1 atom stereocenters. The molecule has 5 heteroatoms. The van der Waals surface area contributed by atoms with Crippen molar-refractivity contribution in [2.45, 2.75) is 33.2 Å². The van der Waals surface area contributed by atoms with Gasteiger partial charge in [0.15, 0.2) is 0 Å². The Labute approximate surface area is 145 Å². The summed E-state index contributed by atoms with van der Waals surface area (Å²) in [4.78, 5) is 29.6. The molecule has 2 amide bonds. The van der Waals surface area contributed by atoms with Gasteiger partial charge in [-0.3, -0.25) is 9.59 Å². The predicted molar refractivity (Wildman–Crippen MR) is 96.0 cm³/mol. The first-order valence-electron chi connectivity index (χ1n) is 8.73. The van der Waals surface area contributed by atoms with Crippen LogP contribution in [0.15, 0.2) is 24.3 Å². The maximum Gasteiger partial charge on any atom is 0.251 e. The third-order valence-corrected chi connectivity index (χ3v) is 4.53. The molecule has 0 radical (unpaired) electrons. The lowest BCUT2D eigenvalue weighted by Gasteiger charge is -2.29. The molecule has 2 rings (SSSR count). The molecule has 1 heterocycles. The lowest BCUT2D eigenvalue weighted by atomic mass is 10.0. The van der Waals surface area contributed by atoms with E-state index in [0.717, 1.165) is 38.2 Å². The summed E-state index contributed by atoms with van der Waals surface area (Å²) in [5.74, 6) is -0.105. The van der Waals surface area contributed by atoms with E-state index in [-0.39, 0.29) is 17.7 Å². The smallest absolute Gasteiger partial charge is 0.251 e. The van der Waals surface area contributed by atoms with E-state index < -0.39 is 6.04 Å². The van der Waals surface area contributed by atoms with Crippen LogP contribution in [0.1, 0.15) is 36.2 Å². The van der Waals surface area contributed by atoms with Crippen molar-refractivity contribution in [2.24, 2.45) is 5.92 Å². The second kappa shape index (κ2) is 8.29. The van der Waals surface area contributed by atoms with Crippen molar-refractivity contribution < 1.29 is 9.59 Å². The fourth-order valence-corrected chi connectivity index (χ4v) is 2.99. The average molecular weight is 331 g/mol. The van der Waals surface area contributed by atoms with Gasteiger partial charge in [0.25, 0.3) is 5.91 Å². The summed E-state index contributed by atoms with van der Waals surface area (Å²) in [6.07, 6.45) is 0.971. The summed E-state index contributed by atoms with van der Waals surface area (Å²) in [6, 6.07) is 6.96. The Hall–Kier alpha value is -1.88. The van der Waals surface area contributed by atoms with Gasteiger partial charge in [0.05, 0.1) is 0 Å². The Balaban J connectivity index is 2.08. The van der Waals surface area contributed by atoms with E-state index in [4.69, 9.17) is 0 Å². The third kappa shape index (κ3) is 4.81. The monoisotopic (exact) mass is 331 g/mol. The van der Waals surface area contributed by atoms with Crippen molar-refractivity contribution in [3.63, 3.8) is 0 Å². The Morgan fingerprint density at radius 2 is 1.88 bits per heavy atom. The second-order valence-corrected chi connectivity index (χ2v) is 7.05. The summed E-state index contributed by atoms with van der Waals surface area (Å²) in [7, 11) is 2.08. The van der Waals surface area contributed by atoms with Crippen LogP contribution in [0.3, 0.4) is 0 Å². The van der Waals surface area contributed by atoms with Crippen LogP contribution < -0.4 is 5.32 Å². The van der Waals surface area contributed by atoms with E-state index in [1.165, 1.54) is 0 Å². The van der Waals surface area contributed by atoms with E-state index in [9.17, 15) is 9.59 Å². The zero-order valence-corrected chi connectivity index (χ0v) is 15.2. The summed E-state index contributed by atoms with van der Waals surface area (Å²) in [5, 5.41) is 2.94.